The lowest BCUT2D eigenvalue weighted by Gasteiger charge is -2.19. The normalized spacial score (nSPS) is 11.5. The maximum Gasteiger partial charge on any atom is 0.158 e. The number of hydrogen-bond donors (Lipinski definition) is 0. The number of rotatable bonds is 2. The van der Waals surface area contributed by atoms with Crippen LogP contribution in [-0.4, -0.2) is 35.4 Å². The van der Waals surface area contributed by atoms with Gasteiger partial charge < -0.3 is 4.90 Å². The highest BCUT2D eigenvalue weighted by Crippen LogP contribution is 2.07. The number of aliphatic imine (C=N–C) groups is 1. The molecule has 0 spiro atoms. The van der Waals surface area contributed by atoms with Gasteiger partial charge in [-0.05, 0) is 24.0 Å². The molecular weight excluding hydrogens is 194 g/mol. The smallest absolute Gasteiger partial charge is 0.158 e. The lowest BCUT2D eigenvalue weighted by atomic mass is 10.2. The number of hydrogen-bond acceptors (Lipinski definition) is 3. The maximum atomic E-state index is 4.19. The highest BCUT2D eigenvalue weighted by atomic mass is 32.2. The minimum absolute atomic E-state index is 0.871. The second-order valence-electron chi connectivity index (χ2n) is 2.92. The Morgan fingerprint density at radius 3 is 2.64 bits per heavy atom. The monoisotopic (exact) mass is 209 g/mol. The molecule has 1 aromatic heterocycles. The average molecular weight is 209 g/mol. The third-order valence-corrected chi connectivity index (χ3v) is 2.73. The van der Waals surface area contributed by atoms with Crippen molar-refractivity contribution in [2.45, 2.75) is 6.54 Å². The SMILES string of the molecule is CN=C(SC)N(C)Cc1ccncc1. The summed E-state index contributed by atoms with van der Waals surface area (Å²) in [5.74, 6) is 0. The molecule has 0 amide bonds. The van der Waals surface area contributed by atoms with Gasteiger partial charge in [0.15, 0.2) is 5.17 Å². The summed E-state index contributed by atoms with van der Waals surface area (Å²) in [6, 6.07) is 4.04. The average Bonchev–Trinajstić information content (AvgIpc) is 2.21. The molecule has 14 heavy (non-hydrogen) atoms. The highest BCUT2D eigenvalue weighted by molar-refractivity contribution is 8.13. The number of aromatic nitrogens is 1. The summed E-state index contributed by atoms with van der Waals surface area (Å²) in [5.41, 5.74) is 1.25. The molecular formula is C10H15N3S. The van der Waals surface area contributed by atoms with Crippen LogP contribution in [0.5, 0.6) is 0 Å². The number of pyridine rings is 1. The molecule has 1 aromatic rings. The first-order valence-corrected chi connectivity index (χ1v) is 5.61. The summed E-state index contributed by atoms with van der Waals surface area (Å²) in [7, 11) is 3.86. The fourth-order valence-electron chi connectivity index (χ4n) is 1.25. The van der Waals surface area contributed by atoms with Crippen LogP contribution in [0.2, 0.25) is 0 Å². The molecule has 0 saturated heterocycles. The van der Waals surface area contributed by atoms with E-state index in [-0.39, 0.29) is 0 Å². The lowest BCUT2D eigenvalue weighted by molar-refractivity contribution is 0.510. The number of thioether (sulfide) groups is 1. The van der Waals surface area contributed by atoms with Crippen LogP contribution in [-0.2, 0) is 6.54 Å². The van der Waals surface area contributed by atoms with E-state index in [0.29, 0.717) is 0 Å². The van der Waals surface area contributed by atoms with Gasteiger partial charge in [0.1, 0.15) is 0 Å². The quantitative estimate of drug-likeness (QED) is 0.550. The van der Waals surface area contributed by atoms with Gasteiger partial charge in [0.25, 0.3) is 0 Å². The summed E-state index contributed by atoms with van der Waals surface area (Å²) < 4.78 is 0. The topological polar surface area (TPSA) is 28.5 Å². The van der Waals surface area contributed by atoms with Crippen molar-refractivity contribution in [2.75, 3.05) is 20.4 Å². The standard InChI is InChI=1S/C10H15N3S/c1-11-10(14-3)13(2)8-9-4-6-12-7-5-9/h4-7H,8H2,1-3H3. The Morgan fingerprint density at radius 2 is 2.14 bits per heavy atom. The van der Waals surface area contributed by atoms with Crippen molar-refractivity contribution in [1.82, 2.24) is 9.88 Å². The van der Waals surface area contributed by atoms with Gasteiger partial charge in [-0.15, -0.1) is 0 Å². The molecule has 0 aliphatic rings. The van der Waals surface area contributed by atoms with Crippen LogP contribution in [0.25, 0.3) is 0 Å². The van der Waals surface area contributed by atoms with E-state index < -0.39 is 0 Å². The van der Waals surface area contributed by atoms with E-state index in [1.54, 1.807) is 11.8 Å². The van der Waals surface area contributed by atoms with Gasteiger partial charge in [-0.25, -0.2) is 0 Å². The Kier molecular flexibility index (Phi) is 4.46. The molecule has 0 N–H and O–H groups in total. The van der Waals surface area contributed by atoms with Crippen LogP contribution in [0.4, 0.5) is 0 Å². The summed E-state index contributed by atoms with van der Waals surface area (Å²) in [5, 5.41) is 1.04. The molecule has 1 heterocycles. The predicted molar refractivity (Wildman–Crippen MR) is 62.6 cm³/mol. The van der Waals surface area contributed by atoms with E-state index >= 15 is 0 Å². The lowest BCUT2D eigenvalue weighted by Crippen LogP contribution is -2.23. The van der Waals surface area contributed by atoms with Crippen LogP contribution in [0.15, 0.2) is 29.5 Å². The summed E-state index contributed by atoms with van der Waals surface area (Å²) in [6.45, 7) is 0.871. The van der Waals surface area contributed by atoms with Crippen molar-refractivity contribution >= 4 is 16.9 Å². The molecule has 0 aliphatic heterocycles. The van der Waals surface area contributed by atoms with Gasteiger partial charge in [0.05, 0.1) is 0 Å². The van der Waals surface area contributed by atoms with Gasteiger partial charge in [0, 0.05) is 33.0 Å². The number of amidine groups is 1. The molecule has 0 aliphatic carbocycles. The zero-order valence-corrected chi connectivity index (χ0v) is 9.58. The van der Waals surface area contributed by atoms with E-state index in [4.69, 9.17) is 0 Å². The third kappa shape index (κ3) is 3.03. The van der Waals surface area contributed by atoms with Crippen molar-refractivity contribution in [3.05, 3.63) is 30.1 Å². The van der Waals surface area contributed by atoms with Crippen LogP contribution in [0.1, 0.15) is 5.56 Å². The molecule has 4 heteroatoms. The summed E-state index contributed by atoms with van der Waals surface area (Å²) >= 11 is 1.66. The Bertz CT molecular complexity index is 297. The van der Waals surface area contributed by atoms with Gasteiger partial charge in [-0.1, -0.05) is 11.8 Å². The highest BCUT2D eigenvalue weighted by Gasteiger charge is 2.04. The van der Waals surface area contributed by atoms with E-state index in [9.17, 15) is 0 Å². The van der Waals surface area contributed by atoms with Crippen LogP contribution >= 0.6 is 11.8 Å². The molecule has 1 rings (SSSR count). The Labute approximate surface area is 89.3 Å². The molecule has 0 aromatic carbocycles. The predicted octanol–water partition coefficient (Wildman–Crippen LogP) is 1.86. The van der Waals surface area contributed by atoms with Gasteiger partial charge in [-0.2, -0.15) is 0 Å². The van der Waals surface area contributed by atoms with Crippen molar-refractivity contribution in [2.24, 2.45) is 4.99 Å². The van der Waals surface area contributed by atoms with E-state index in [1.165, 1.54) is 5.56 Å². The minimum Gasteiger partial charge on any atom is -0.350 e. The van der Waals surface area contributed by atoms with E-state index in [1.807, 2.05) is 44.9 Å². The van der Waals surface area contributed by atoms with E-state index in [2.05, 4.69) is 14.9 Å². The van der Waals surface area contributed by atoms with Crippen molar-refractivity contribution in [3.63, 3.8) is 0 Å². The van der Waals surface area contributed by atoms with Crippen LogP contribution in [0.3, 0.4) is 0 Å². The third-order valence-electron chi connectivity index (χ3n) is 1.87. The molecule has 0 radical (unpaired) electrons. The van der Waals surface area contributed by atoms with Gasteiger partial charge in [0.2, 0.25) is 0 Å². The van der Waals surface area contributed by atoms with Crippen molar-refractivity contribution in [3.8, 4) is 0 Å². The molecule has 76 valence electrons. The van der Waals surface area contributed by atoms with Crippen molar-refractivity contribution < 1.29 is 0 Å². The van der Waals surface area contributed by atoms with Crippen LogP contribution in [0, 0.1) is 0 Å². The summed E-state index contributed by atoms with van der Waals surface area (Å²) in [4.78, 5) is 10.3. The fraction of sp³-hybridized carbons (Fsp3) is 0.400. The van der Waals surface area contributed by atoms with Crippen LogP contribution < -0.4 is 0 Å². The first-order valence-electron chi connectivity index (χ1n) is 4.38. The minimum atomic E-state index is 0.871. The molecule has 0 fully saturated rings. The second-order valence-corrected chi connectivity index (χ2v) is 3.70. The fourth-order valence-corrected chi connectivity index (χ4v) is 1.81. The second kappa shape index (κ2) is 5.65. The Hall–Kier alpha value is -1.03. The first kappa shape index (κ1) is 11.0. The molecule has 0 saturated carbocycles. The van der Waals surface area contributed by atoms with Gasteiger partial charge in [-0.3, -0.25) is 9.98 Å². The first-order chi connectivity index (χ1) is 6.77. The molecule has 0 bridgehead atoms. The zero-order chi connectivity index (χ0) is 10.4. The maximum absolute atomic E-state index is 4.19. The van der Waals surface area contributed by atoms with Crippen molar-refractivity contribution in [1.29, 1.82) is 0 Å². The molecule has 3 nitrogen and oxygen atoms in total. The van der Waals surface area contributed by atoms with Gasteiger partial charge >= 0.3 is 0 Å². The van der Waals surface area contributed by atoms with E-state index in [0.717, 1.165) is 11.7 Å². The molecule has 0 atom stereocenters. The number of nitrogens with zero attached hydrogens (tertiary/aromatic N) is 3. The zero-order valence-electron chi connectivity index (χ0n) is 8.77. The summed E-state index contributed by atoms with van der Waals surface area (Å²) in [6.07, 6.45) is 5.65. The molecule has 0 unspecified atom stereocenters. The largest absolute Gasteiger partial charge is 0.350 e. The Morgan fingerprint density at radius 1 is 1.50 bits per heavy atom. The Balaban J connectivity index is 2.61.